The van der Waals surface area contributed by atoms with Crippen LogP contribution in [0.25, 0.3) is 0 Å². The van der Waals surface area contributed by atoms with Gasteiger partial charge in [-0.15, -0.1) is 0 Å². The van der Waals surface area contributed by atoms with Gasteiger partial charge in [-0.2, -0.15) is 0 Å². The van der Waals surface area contributed by atoms with E-state index in [4.69, 9.17) is 5.73 Å². The van der Waals surface area contributed by atoms with E-state index < -0.39 is 0 Å². The summed E-state index contributed by atoms with van der Waals surface area (Å²) < 4.78 is 0. The quantitative estimate of drug-likeness (QED) is 0.524. The monoisotopic (exact) mass is 271 g/mol. The van der Waals surface area contributed by atoms with Crippen LogP contribution in [0.5, 0.6) is 0 Å². The second-order valence-corrected chi connectivity index (χ2v) is 5.03. The molecule has 112 valence electrons. The molecule has 0 heterocycles. The Morgan fingerprint density at radius 2 is 1.74 bits per heavy atom. The van der Waals surface area contributed by atoms with Crippen LogP contribution < -0.4 is 16.4 Å². The zero-order chi connectivity index (χ0) is 14.7. The Labute approximate surface area is 116 Å². The summed E-state index contributed by atoms with van der Waals surface area (Å²) in [5.74, 6) is 0.0741. The van der Waals surface area contributed by atoms with Gasteiger partial charge in [0.1, 0.15) is 0 Å². The van der Waals surface area contributed by atoms with Crippen molar-refractivity contribution in [1.29, 1.82) is 0 Å². The van der Waals surface area contributed by atoms with Crippen molar-refractivity contribution in [3.8, 4) is 0 Å². The maximum absolute atomic E-state index is 11.8. The lowest BCUT2D eigenvalue weighted by atomic mass is 9.92. The van der Waals surface area contributed by atoms with Crippen molar-refractivity contribution < 1.29 is 9.59 Å². The van der Waals surface area contributed by atoms with Crippen LogP contribution in [-0.4, -0.2) is 30.4 Å². The van der Waals surface area contributed by atoms with Crippen LogP contribution in [-0.2, 0) is 9.59 Å². The van der Waals surface area contributed by atoms with E-state index in [1.807, 2.05) is 13.8 Å². The lowest BCUT2D eigenvalue weighted by Crippen LogP contribution is -2.52. The molecule has 2 amide bonds. The van der Waals surface area contributed by atoms with Gasteiger partial charge in [-0.3, -0.25) is 9.59 Å². The predicted molar refractivity (Wildman–Crippen MR) is 77.7 cm³/mol. The molecule has 0 aliphatic rings. The third kappa shape index (κ3) is 7.82. The molecule has 5 nitrogen and oxygen atoms in total. The molecule has 0 spiro atoms. The summed E-state index contributed by atoms with van der Waals surface area (Å²) in [4.78, 5) is 22.5. The third-order valence-electron chi connectivity index (χ3n) is 3.60. The fourth-order valence-corrected chi connectivity index (χ4v) is 1.98. The normalized spacial score (nSPS) is 11.2. The maximum Gasteiger partial charge on any atom is 0.220 e. The van der Waals surface area contributed by atoms with Crippen LogP contribution in [0.15, 0.2) is 0 Å². The molecule has 0 rings (SSSR count). The molecule has 0 aliphatic carbocycles. The minimum Gasteiger partial charge on any atom is -0.356 e. The van der Waals surface area contributed by atoms with Gasteiger partial charge in [0, 0.05) is 26.4 Å². The summed E-state index contributed by atoms with van der Waals surface area (Å²) in [6, 6.07) is 0. The van der Waals surface area contributed by atoms with Crippen LogP contribution in [0.4, 0.5) is 0 Å². The van der Waals surface area contributed by atoms with Crippen LogP contribution >= 0.6 is 0 Å². The van der Waals surface area contributed by atoms with Crippen LogP contribution in [0.1, 0.15) is 59.3 Å². The van der Waals surface area contributed by atoms with E-state index in [0.29, 0.717) is 19.5 Å². The maximum atomic E-state index is 11.8. The summed E-state index contributed by atoms with van der Waals surface area (Å²) in [5.41, 5.74) is 5.50. The molecule has 0 saturated carbocycles. The Balaban J connectivity index is 3.77. The van der Waals surface area contributed by atoms with Gasteiger partial charge < -0.3 is 16.4 Å². The first-order valence-electron chi connectivity index (χ1n) is 7.25. The highest BCUT2D eigenvalue weighted by Crippen LogP contribution is 2.13. The molecule has 0 aliphatic heterocycles. The number of carbonyl (C=O) groups excluding carboxylic acids is 2. The second kappa shape index (κ2) is 9.78. The number of nitrogens with one attached hydrogen (secondary N) is 2. The number of carbonyl (C=O) groups is 2. The summed E-state index contributed by atoms with van der Waals surface area (Å²) in [5, 5.41) is 5.80. The largest absolute Gasteiger partial charge is 0.356 e. The number of hydrogen-bond donors (Lipinski definition) is 3. The SMILES string of the molecule is CCC(CC)(CN)NC(=O)CCCCCNC(C)=O. The van der Waals surface area contributed by atoms with Crippen molar-refractivity contribution in [3.63, 3.8) is 0 Å². The molecule has 0 aromatic carbocycles. The number of amides is 2. The summed E-state index contributed by atoms with van der Waals surface area (Å²) in [7, 11) is 0. The standard InChI is InChI=1S/C14H29N3O2/c1-4-14(5-2,11-15)17-13(19)9-7-6-8-10-16-12(3)18/h4-11,15H2,1-3H3,(H,16,18)(H,17,19). The predicted octanol–water partition coefficient (Wildman–Crippen LogP) is 1.32. The first-order valence-corrected chi connectivity index (χ1v) is 7.25. The Morgan fingerprint density at radius 3 is 2.21 bits per heavy atom. The van der Waals surface area contributed by atoms with Gasteiger partial charge in [0.2, 0.25) is 11.8 Å². The number of hydrogen-bond acceptors (Lipinski definition) is 3. The molecule has 0 aromatic rings. The Hall–Kier alpha value is -1.10. The first kappa shape index (κ1) is 17.9. The van der Waals surface area contributed by atoms with E-state index in [1.165, 1.54) is 6.92 Å². The Kier molecular flexibility index (Phi) is 9.21. The molecule has 5 heteroatoms. The molecule has 0 atom stereocenters. The second-order valence-electron chi connectivity index (χ2n) is 5.03. The topological polar surface area (TPSA) is 84.2 Å². The van der Waals surface area contributed by atoms with Crippen molar-refractivity contribution in [1.82, 2.24) is 10.6 Å². The van der Waals surface area contributed by atoms with E-state index in [1.54, 1.807) is 0 Å². The number of rotatable bonds is 10. The van der Waals surface area contributed by atoms with Gasteiger partial charge >= 0.3 is 0 Å². The summed E-state index contributed by atoms with van der Waals surface area (Å²) in [6.07, 6.45) is 4.95. The minimum absolute atomic E-state index is 0.00337. The summed E-state index contributed by atoms with van der Waals surface area (Å²) >= 11 is 0. The summed E-state index contributed by atoms with van der Waals surface area (Å²) in [6.45, 7) is 6.77. The third-order valence-corrected chi connectivity index (χ3v) is 3.60. The van der Waals surface area contributed by atoms with E-state index >= 15 is 0 Å². The first-order chi connectivity index (χ1) is 8.99. The highest BCUT2D eigenvalue weighted by Gasteiger charge is 2.25. The van der Waals surface area contributed by atoms with Gasteiger partial charge in [0.05, 0.1) is 5.54 Å². The van der Waals surface area contributed by atoms with Gasteiger partial charge in [-0.25, -0.2) is 0 Å². The fourth-order valence-electron chi connectivity index (χ4n) is 1.98. The molecule has 0 fully saturated rings. The number of nitrogens with two attached hydrogens (primary N) is 1. The van der Waals surface area contributed by atoms with Crippen molar-refractivity contribution in [2.45, 2.75) is 64.8 Å². The van der Waals surface area contributed by atoms with Crippen LogP contribution in [0.2, 0.25) is 0 Å². The Morgan fingerprint density at radius 1 is 1.11 bits per heavy atom. The van der Waals surface area contributed by atoms with E-state index in [9.17, 15) is 9.59 Å². The van der Waals surface area contributed by atoms with Crippen molar-refractivity contribution >= 4 is 11.8 Å². The van der Waals surface area contributed by atoms with Crippen LogP contribution in [0.3, 0.4) is 0 Å². The molecule has 0 aromatic heterocycles. The average molecular weight is 271 g/mol. The molecule has 19 heavy (non-hydrogen) atoms. The lowest BCUT2D eigenvalue weighted by Gasteiger charge is -2.31. The molecule has 4 N–H and O–H groups in total. The van der Waals surface area contributed by atoms with Crippen molar-refractivity contribution in [2.24, 2.45) is 5.73 Å². The molecule has 0 radical (unpaired) electrons. The highest BCUT2D eigenvalue weighted by molar-refractivity contribution is 5.76. The van der Waals surface area contributed by atoms with E-state index in [2.05, 4.69) is 10.6 Å². The van der Waals surface area contributed by atoms with Crippen LogP contribution in [0, 0.1) is 0 Å². The van der Waals surface area contributed by atoms with Gasteiger partial charge in [0.25, 0.3) is 0 Å². The molecular weight excluding hydrogens is 242 g/mol. The zero-order valence-corrected chi connectivity index (χ0v) is 12.6. The average Bonchev–Trinajstić information content (AvgIpc) is 2.40. The van der Waals surface area contributed by atoms with E-state index in [0.717, 1.165) is 32.1 Å². The minimum atomic E-state index is -0.243. The lowest BCUT2D eigenvalue weighted by molar-refractivity contribution is -0.123. The Bertz CT molecular complexity index is 268. The van der Waals surface area contributed by atoms with Gasteiger partial charge in [-0.1, -0.05) is 20.3 Å². The smallest absolute Gasteiger partial charge is 0.220 e. The van der Waals surface area contributed by atoms with E-state index in [-0.39, 0.29) is 17.4 Å². The molecular formula is C14H29N3O2. The van der Waals surface area contributed by atoms with Crippen molar-refractivity contribution in [3.05, 3.63) is 0 Å². The molecule has 0 saturated heterocycles. The van der Waals surface area contributed by atoms with Crippen molar-refractivity contribution in [2.75, 3.05) is 13.1 Å². The van der Waals surface area contributed by atoms with Gasteiger partial charge in [-0.05, 0) is 25.7 Å². The zero-order valence-electron chi connectivity index (χ0n) is 12.6. The molecule has 0 bridgehead atoms. The highest BCUT2D eigenvalue weighted by atomic mass is 16.2. The molecule has 0 unspecified atom stereocenters. The number of unbranched alkanes of at least 4 members (excludes halogenated alkanes) is 2. The fraction of sp³-hybridized carbons (Fsp3) is 0.857. The van der Waals surface area contributed by atoms with Gasteiger partial charge in [0.15, 0.2) is 0 Å².